The zero-order valence-electron chi connectivity index (χ0n) is 13.5. The predicted octanol–water partition coefficient (Wildman–Crippen LogP) is 1.52. The van der Waals surface area contributed by atoms with Gasteiger partial charge in [-0.2, -0.15) is 5.10 Å². The maximum absolute atomic E-state index is 12.8. The highest BCUT2D eigenvalue weighted by molar-refractivity contribution is 5.98. The Balaban J connectivity index is 2.03. The van der Waals surface area contributed by atoms with Crippen molar-refractivity contribution in [3.63, 3.8) is 0 Å². The molecule has 4 aromatic rings. The van der Waals surface area contributed by atoms with E-state index in [0.29, 0.717) is 33.5 Å². The number of aryl methyl sites for hydroxylation is 1. The zero-order chi connectivity index (χ0) is 17.6. The van der Waals surface area contributed by atoms with Crippen LogP contribution in [0.25, 0.3) is 22.2 Å². The molecule has 0 saturated heterocycles. The third-order valence-corrected chi connectivity index (χ3v) is 4.00. The fourth-order valence-electron chi connectivity index (χ4n) is 2.82. The molecule has 0 aliphatic carbocycles. The molecule has 0 radical (unpaired) electrons. The van der Waals surface area contributed by atoms with Crippen LogP contribution in [0.15, 0.2) is 47.8 Å². The SMILES string of the molecule is COC(=O)c1c(C)nn2c1ncc1c(=O)n(-c3cccnc3)ccc12. The van der Waals surface area contributed by atoms with Gasteiger partial charge >= 0.3 is 5.97 Å². The van der Waals surface area contributed by atoms with Gasteiger partial charge in [0.05, 0.1) is 35.6 Å². The van der Waals surface area contributed by atoms with Gasteiger partial charge in [0.1, 0.15) is 5.56 Å². The van der Waals surface area contributed by atoms with Crippen LogP contribution in [0.5, 0.6) is 0 Å². The third-order valence-electron chi connectivity index (χ3n) is 4.00. The lowest BCUT2D eigenvalue weighted by Gasteiger charge is -2.07. The van der Waals surface area contributed by atoms with Crippen LogP contribution in [0.4, 0.5) is 0 Å². The minimum Gasteiger partial charge on any atom is -0.465 e. The maximum Gasteiger partial charge on any atom is 0.343 e. The van der Waals surface area contributed by atoms with E-state index in [1.54, 1.807) is 43.7 Å². The van der Waals surface area contributed by atoms with E-state index in [0.717, 1.165) is 0 Å². The molecule has 4 aromatic heterocycles. The molecule has 8 nitrogen and oxygen atoms in total. The first-order valence-corrected chi connectivity index (χ1v) is 7.50. The lowest BCUT2D eigenvalue weighted by molar-refractivity contribution is 0.0602. The van der Waals surface area contributed by atoms with Crippen molar-refractivity contribution < 1.29 is 9.53 Å². The summed E-state index contributed by atoms with van der Waals surface area (Å²) in [5.41, 5.74) is 2.11. The minimum atomic E-state index is -0.511. The first kappa shape index (κ1) is 15.0. The normalized spacial score (nSPS) is 11.1. The summed E-state index contributed by atoms with van der Waals surface area (Å²) in [6.07, 6.45) is 6.34. The van der Waals surface area contributed by atoms with Gasteiger partial charge in [-0.1, -0.05) is 0 Å². The Bertz CT molecular complexity index is 1180. The summed E-state index contributed by atoms with van der Waals surface area (Å²) in [4.78, 5) is 33.1. The van der Waals surface area contributed by atoms with Crippen molar-refractivity contribution in [1.29, 1.82) is 0 Å². The van der Waals surface area contributed by atoms with Crippen molar-refractivity contribution in [1.82, 2.24) is 24.1 Å². The number of esters is 1. The lowest BCUT2D eigenvalue weighted by Crippen LogP contribution is -2.19. The molecule has 0 spiro atoms. The van der Waals surface area contributed by atoms with Crippen molar-refractivity contribution in [3.8, 4) is 5.69 Å². The quantitative estimate of drug-likeness (QED) is 0.516. The number of aromatic nitrogens is 5. The first-order chi connectivity index (χ1) is 12.1. The maximum atomic E-state index is 12.8. The average Bonchev–Trinajstić information content (AvgIpc) is 2.98. The Kier molecular flexibility index (Phi) is 3.31. The van der Waals surface area contributed by atoms with Gasteiger partial charge < -0.3 is 4.74 Å². The molecule has 4 heterocycles. The summed E-state index contributed by atoms with van der Waals surface area (Å²) in [5.74, 6) is -0.511. The molecular weight excluding hydrogens is 322 g/mol. The molecule has 0 fully saturated rings. The highest BCUT2D eigenvalue weighted by Gasteiger charge is 2.20. The van der Waals surface area contributed by atoms with Crippen LogP contribution >= 0.6 is 0 Å². The number of hydrogen-bond acceptors (Lipinski definition) is 6. The fraction of sp³-hybridized carbons (Fsp3) is 0.118. The number of carbonyl (C=O) groups is 1. The van der Waals surface area contributed by atoms with Crippen LogP contribution in [0.2, 0.25) is 0 Å². The van der Waals surface area contributed by atoms with Gasteiger partial charge in [-0.05, 0) is 25.1 Å². The van der Waals surface area contributed by atoms with Gasteiger partial charge in [0.25, 0.3) is 5.56 Å². The molecule has 0 aliphatic heterocycles. The number of carbonyl (C=O) groups excluding carboxylic acids is 1. The van der Waals surface area contributed by atoms with Gasteiger partial charge in [0.2, 0.25) is 0 Å². The molecule has 0 atom stereocenters. The third kappa shape index (κ3) is 2.18. The summed E-state index contributed by atoms with van der Waals surface area (Å²) < 4.78 is 7.77. The largest absolute Gasteiger partial charge is 0.465 e. The van der Waals surface area contributed by atoms with Gasteiger partial charge in [-0.3, -0.25) is 14.3 Å². The second-order valence-corrected chi connectivity index (χ2v) is 5.45. The average molecular weight is 335 g/mol. The monoisotopic (exact) mass is 335 g/mol. The Morgan fingerprint density at radius 1 is 1.24 bits per heavy atom. The van der Waals surface area contributed by atoms with Crippen molar-refractivity contribution in [2.75, 3.05) is 7.11 Å². The van der Waals surface area contributed by atoms with Crippen LogP contribution in [-0.4, -0.2) is 37.2 Å². The van der Waals surface area contributed by atoms with Crippen molar-refractivity contribution in [2.24, 2.45) is 0 Å². The van der Waals surface area contributed by atoms with E-state index >= 15 is 0 Å². The number of nitrogens with zero attached hydrogens (tertiary/aromatic N) is 5. The molecule has 0 amide bonds. The highest BCUT2D eigenvalue weighted by atomic mass is 16.5. The number of pyridine rings is 2. The molecule has 124 valence electrons. The van der Waals surface area contributed by atoms with Crippen LogP contribution < -0.4 is 5.56 Å². The Hall–Kier alpha value is -3.55. The van der Waals surface area contributed by atoms with Crippen LogP contribution in [-0.2, 0) is 4.74 Å². The summed E-state index contributed by atoms with van der Waals surface area (Å²) in [5, 5.41) is 4.73. The summed E-state index contributed by atoms with van der Waals surface area (Å²) in [6.45, 7) is 1.70. The molecule has 8 heteroatoms. The van der Waals surface area contributed by atoms with E-state index in [-0.39, 0.29) is 5.56 Å². The second-order valence-electron chi connectivity index (χ2n) is 5.45. The zero-order valence-corrected chi connectivity index (χ0v) is 13.5. The number of ether oxygens (including phenoxy) is 1. The molecule has 0 saturated carbocycles. The van der Waals surface area contributed by atoms with Crippen molar-refractivity contribution in [2.45, 2.75) is 6.92 Å². The van der Waals surface area contributed by atoms with Crippen LogP contribution in [0.1, 0.15) is 16.1 Å². The first-order valence-electron chi connectivity index (χ1n) is 7.50. The Labute approximate surface area is 141 Å². The van der Waals surface area contributed by atoms with E-state index in [9.17, 15) is 9.59 Å². The van der Waals surface area contributed by atoms with E-state index in [1.807, 2.05) is 0 Å². The van der Waals surface area contributed by atoms with Crippen molar-refractivity contribution in [3.05, 3.63) is 64.6 Å². The second kappa shape index (κ2) is 5.52. The summed E-state index contributed by atoms with van der Waals surface area (Å²) in [7, 11) is 1.30. The fourth-order valence-corrected chi connectivity index (χ4v) is 2.82. The molecule has 25 heavy (non-hydrogen) atoms. The van der Waals surface area contributed by atoms with Gasteiger partial charge in [0.15, 0.2) is 5.65 Å². The summed E-state index contributed by atoms with van der Waals surface area (Å²) >= 11 is 0. The molecule has 4 rings (SSSR count). The van der Waals surface area contributed by atoms with Gasteiger partial charge in [0, 0.05) is 18.6 Å². The number of hydrogen-bond donors (Lipinski definition) is 0. The topological polar surface area (TPSA) is 91.4 Å². The summed E-state index contributed by atoms with van der Waals surface area (Å²) in [6, 6.07) is 5.30. The predicted molar refractivity (Wildman–Crippen MR) is 90.0 cm³/mol. The van der Waals surface area contributed by atoms with Crippen LogP contribution in [0.3, 0.4) is 0 Å². The van der Waals surface area contributed by atoms with Crippen LogP contribution in [0, 0.1) is 6.92 Å². The number of methoxy groups -OCH3 is 1. The van der Waals surface area contributed by atoms with E-state index in [2.05, 4.69) is 15.1 Å². The smallest absolute Gasteiger partial charge is 0.343 e. The minimum absolute atomic E-state index is 0.243. The van der Waals surface area contributed by atoms with E-state index < -0.39 is 5.97 Å². The number of rotatable bonds is 2. The molecule has 0 aliphatic rings. The standard InChI is InChI=1S/C17H13N5O3/c1-10-14(17(24)25-2)15-19-9-12-13(22(15)20-10)5-7-21(16(12)23)11-4-3-6-18-8-11/h3-9H,1-2H3. The molecule has 0 bridgehead atoms. The Morgan fingerprint density at radius 2 is 2.08 bits per heavy atom. The number of fused-ring (bicyclic) bond motifs is 3. The lowest BCUT2D eigenvalue weighted by atomic mass is 10.2. The molecular formula is C17H13N5O3. The van der Waals surface area contributed by atoms with E-state index in [4.69, 9.17) is 4.74 Å². The molecule has 0 N–H and O–H groups in total. The highest BCUT2D eigenvalue weighted by Crippen LogP contribution is 2.19. The van der Waals surface area contributed by atoms with E-state index in [1.165, 1.54) is 22.4 Å². The molecule has 0 aromatic carbocycles. The Morgan fingerprint density at radius 3 is 2.80 bits per heavy atom. The van der Waals surface area contributed by atoms with Crippen molar-refractivity contribution >= 4 is 22.5 Å². The molecule has 0 unspecified atom stereocenters. The van der Waals surface area contributed by atoms with Gasteiger partial charge in [-0.25, -0.2) is 14.3 Å². The van der Waals surface area contributed by atoms with Gasteiger partial charge in [-0.15, -0.1) is 0 Å².